The SMILES string of the molecule is C=C(C)C1=C(C)OCCC1(C)C. The Morgan fingerprint density at radius 1 is 1.50 bits per heavy atom. The van der Waals surface area contributed by atoms with Gasteiger partial charge < -0.3 is 4.74 Å². The predicted molar refractivity (Wildman–Crippen MR) is 51.9 cm³/mol. The molecule has 12 heavy (non-hydrogen) atoms. The molecule has 0 fully saturated rings. The molecule has 0 amide bonds. The molecule has 0 aromatic heterocycles. The van der Waals surface area contributed by atoms with Crippen molar-refractivity contribution in [2.24, 2.45) is 5.41 Å². The first-order chi connectivity index (χ1) is 5.45. The van der Waals surface area contributed by atoms with Gasteiger partial charge in [-0.1, -0.05) is 26.0 Å². The number of allylic oxidation sites excluding steroid dienone is 3. The molecule has 68 valence electrons. The van der Waals surface area contributed by atoms with E-state index in [4.69, 9.17) is 4.74 Å². The summed E-state index contributed by atoms with van der Waals surface area (Å²) in [6.45, 7) is 13.4. The number of ether oxygens (including phenoxy) is 1. The number of hydrogen-bond acceptors (Lipinski definition) is 1. The Balaban J connectivity index is 3.09. The molecule has 1 aliphatic rings. The first-order valence-electron chi connectivity index (χ1n) is 4.45. The van der Waals surface area contributed by atoms with Crippen LogP contribution in [0.2, 0.25) is 0 Å². The third-order valence-corrected chi connectivity index (χ3v) is 2.50. The topological polar surface area (TPSA) is 9.23 Å². The molecule has 0 spiro atoms. The Morgan fingerprint density at radius 3 is 2.42 bits per heavy atom. The van der Waals surface area contributed by atoms with Gasteiger partial charge in [-0.05, 0) is 31.3 Å². The molecule has 1 nitrogen and oxygen atoms in total. The fraction of sp³-hybridized carbons (Fsp3) is 0.636. The summed E-state index contributed by atoms with van der Waals surface area (Å²) in [4.78, 5) is 0. The van der Waals surface area contributed by atoms with Gasteiger partial charge in [0.2, 0.25) is 0 Å². The zero-order valence-corrected chi connectivity index (χ0v) is 8.53. The lowest BCUT2D eigenvalue weighted by Crippen LogP contribution is -2.24. The van der Waals surface area contributed by atoms with Gasteiger partial charge in [-0.3, -0.25) is 0 Å². The van der Waals surface area contributed by atoms with Gasteiger partial charge in [0, 0.05) is 0 Å². The van der Waals surface area contributed by atoms with E-state index in [-0.39, 0.29) is 5.41 Å². The Hall–Kier alpha value is -0.720. The minimum atomic E-state index is 0.244. The summed E-state index contributed by atoms with van der Waals surface area (Å²) in [5.41, 5.74) is 2.68. The van der Waals surface area contributed by atoms with Crippen molar-refractivity contribution in [1.82, 2.24) is 0 Å². The molecule has 0 N–H and O–H groups in total. The van der Waals surface area contributed by atoms with Crippen LogP contribution in [0.25, 0.3) is 0 Å². The highest BCUT2D eigenvalue weighted by Crippen LogP contribution is 2.39. The average Bonchev–Trinajstić information content (AvgIpc) is 1.82. The highest BCUT2D eigenvalue weighted by molar-refractivity contribution is 5.35. The Kier molecular flexibility index (Phi) is 2.31. The maximum Gasteiger partial charge on any atom is 0.0968 e. The fourth-order valence-electron chi connectivity index (χ4n) is 2.01. The van der Waals surface area contributed by atoms with Crippen molar-refractivity contribution >= 4 is 0 Å². The lowest BCUT2D eigenvalue weighted by Gasteiger charge is -2.34. The van der Waals surface area contributed by atoms with E-state index < -0.39 is 0 Å². The van der Waals surface area contributed by atoms with Crippen molar-refractivity contribution in [2.45, 2.75) is 34.1 Å². The van der Waals surface area contributed by atoms with Crippen LogP contribution in [0.1, 0.15) is 34.1 Å². The van der Waals surface area contributed by atoms with Crippen LogP contribution in [0, 0.1) is 5.41 Å². The summed E-state index contributed by atoms with van der Waals surface area (Å²) in [5.74, 6) is 1.05. The molecular formula is C11H18O. The van der Waals surface area contributed by atoms with Gasteiger partial charge in [0.1, 0.15) is 0 Å². The maximum atomic E-state index is 5.51. The van der Waals surface area contributed by atoms with Crippen molar-refractivity contribution < 1.29 is 4.74 Å². The molecule has 1 heteroatoms. The highest BCUT2D eigenvalue weighted by atomic mass is 16.5. The zero-order valence-electron chi connectivity index (χ0n) is 8.53. The van der Waals surface area contributed by atoms with Crippen LogP contribution >= 0.6 is 0 Å². The number of rotatable bonds is 1. The summed E-state index contributed by atoms with van der Waals surface area (Å²) in [6, 6.07) is 0. The van der Waals surface area contributed by atoms with E-state index in [2.05, 4.69) is 27.4 Å². The number of hydrogen-bond donors (Lipinski definition) is 0. The van der Waals surface area contributed by atoms with E-state index in [1.54, 1.807) is 0 Å². The van der Waals surface area contributed by atoms with Gasteiger partial charge in [0.05, 0.1) is 12.4 Å². The van der Waals surface area contributed by atoms with Crippen LogP contribution in [-0.4, -0.2) is 6.61 Å². The summed E-state index contributed by atoms with van der Waals surface area (Å²) in [5, 5.41) is 0. The molecule has 1 heterocycles. The lowest BCUT2D eigenvalue weighted by atomic mass is 9.76. The van der Waals surface area contributed by atoms with E-state index in [0.717, 1.165) is 24.4 Å². The molecule has 0 bridgehead atoms. The van der Waals surface area contributed by atoms with Crippen LogP contribution < -0.4 is 0 Å². The van der Waals surface area contributed by atoms with Gasteiger partial charge in [0.15, 0.2) is 0 Å². The summed E-state index contributed by atoms with van der Waals surface area (Å²) < 4.78 is 5.51. The molecular weight excluding hydrogens is 148 g/mol. The van der Waals surface area contributed by atoms with E-state index in [9.17, 15) is 0 Å². The largest absolute Gasteiger partial charge is 0.498 e. The molecule has 0 radical (unpaired) electrons. The molecule has 1 aliphatic heterocycles. The first kappa shape index (κ1) is 9.37. The van der Waals surface area contributed by atoms with Crippen LogP contribution in [0.3, 0.4) is 0 Å². The second kappa shape index (κ2) is 2.96. The predicted octanol–water partition coefficient (Wildman–Crippen LogP) is 3.28. The van der Waals surface area contributed by atoms with Crippen LogP contribution in [0.4, 0.5) is 0 Å². The third kappa shape index (κ3) is 1.55. The third-order valence-electron chi connectivity index (χ3n) is 2.50. The normalized spacial score (nSPS) is 22.0. The van der Waals surface area contributed by atoms with Gasteiger partial charge in [0.25, 0.3) is 0 Å². The summed E-state index contributed by atoms with van der Waals surface area (Å²) in [6.07, 6.45) is 1.09. The first-order valence-corrected chi connectivity index (χ1v) is 4.45. The average molecular weight is 166 g/mol. The lowest BCUT2D eigenvalue weighted by molar-refractivity contribution is 0.141. The van der Waals surface area contributed by atoms with E-state index in [1.807, 2.05) is 6.92 Å². The van der Waals surface area contributed by atoms with Crippen molar-refractivity contribution in [1.29, 1.82) is 0 Å². The van der Waals surface area contributed by atoms with Crippen molar-refractivity contribution in [2.75, 3.05) is 6.61 Å². The molecule has 1 rings (SSSR count). The van der Waals surface area contributed by atoms with Gasteiger partial charge in [-0.2, -0.15) is 0 Å². The Bertz CT molecular complexity index is 233. The zero-order chi connectivity index (χ0) is 9.35. The van der Waals surface area contributed by atoms with Gasteiger partial charge >= 0.3 is 0 Å². The van der Waals surface area contributed by atoms with Crippen molar-refractivity contribution in [3.63, 3.8) is 0 Å². The van der Waals surface area contributed by atoms with Gasteiger partial charge in [-0.25, -0.2) is 0 Å². The van der Waals surface area contributed by atoms with Crippen LogP contribution in [-0.2, 0) is 4.74 Å². The monoisotopic (exact) mass is 166 g/mol. The minimum Gasteiger partial charge on any atom is -0.498 e. The highest BCUT2D eigenvalue weighted by Gasteiger charge is 2.29. The van der Waals surface area contributed by atoms with Gasteiger partial charge in [-0.15, -0.1) is 0 Å². The molecule has 0 atom stereocenters. The Labute approximate surface area is 75.1 Å². The molecule has 0 saturated heterocycles. The fourth-order valence-corrected chi connectivity index (χ4v) is 2.01. The van der Waals surface area contributed by atoms with E-state index >= 15 is 0 Å². The summed E-state index contributed by atoms with van der Waals surface area (Å²) >= 11 is 0. The quantitative estimate of drug-likeness (QED) is 0.581. The molecule has 0 saturated carbocycles. The molecule has 0 unspecified atom stereocenters. The minimum absolute atomic E-state index is 0.244. The summed E-state index contributed by atoms with van der Waals surface area (Å²) in [7, 11) is 0. The second-order valence-corrected chi connectivity index (χ2v) is 4.19. The molecule has 0 aromatic carbocycles. The van der Waals surface area contributed by atoms with Crippen LogP contribution in [0.5, 0.6) is 0 Å². The standard InChI is InChI=1S/C11H18O/c1-8(2)10-9(3)12-7-6-11(10,4)5/h1,6-7H2,2-5H3. The molecule has 0 aliphatic carbocycles. The Morgan fingerprint density at radius 2 is 2.08 bits per heavy atom. The second-order valence-electron chi connectivity index (χ2n) is 4.19. The van der Waals surface area contributed by atoms with E-state index in [0.29, 0.717) is 0 Å². The smallest absolute Gasteiger partial charge is 0.0968 e. The molecule has 0 aromatic rings. The van der Waals surface area contributed by atoms with E-state index in [1.165, 1.54) is 5.57 Å². The maximum absolute atomic E-state index is 5.51. The van der Waals surface area contributed by atoms with Crippen molar-refractivity contribution in [3.05, 3.63) is 23.5 Å². The van der Waals surface area contributed by atoms with Crippen LogP contribution in [0.15, 0.2) is 23.5 Å². The van der Waals surface area contributed by atoms with Crippen molar-refractivity contribution in [3.8, 4) is 0 Å².